The number of non-ortho nitro benzene ring substituents is 1. The SMILES string of the molecule is O=C(c1ccccc1)N(c1ccc(F)cc1)C1CCN(Cc2ccc([N+](=O)[O-])cc2)CC1. The van der Waals surface area contributed by atoms with Crippen molar-refractivity contribution < 1.29 is 14.1 Å². The summed E-state index contributed by atoms with van der Waals surface area (Å²) >= 11 is 0. The lowest BCUT2D eigenvalue weighted by molar-refractivity contribution is -0.384. The van der Waals surface area contributed by atoms with Crippen LogP contribution < -0.4 is 4.90 Å². The van der Waals surface area contributed by atoms with Crippen LogP contribution in [0.1, 0.15) is 28.8 Å². The maximum Gasteiger partial charge on any atom is 0.269 e. The molecule has 0 radical (unpaired) electrons. The predicted octanol–water partition coefficient (Wildman–Crippen LogP) is 5.05. The van der Waals surface area contributed by atoms with Gasteiger partial charge in [0.2, 0.25) is 0 Å². The van der Waals surface area contributed by atoms with Gasteiger partial charge < -0.3 is 4.90 Å². The number of amides is 1. The Bertz CT molecular complexity index is 1060. The average molecular weight is 433 g/mol. The summed E-state index contributed by atoms with van der Waals surface area (Å²) in [6.45, 7) is 2.29. The highest BCUT2D eigenvalue weighted by atomic mass is 19.1. The molecule has 0 atom stereocenters. The molecular weight excluding hydrogens is 409 g/mol. The minimum absolute atomic E-state index is 0.00118. The number of nitrogens with zero attached hydrogens (tertiary/aromatic N) is 3. The quantitative estimate of drug-likeness (QED) is 0.403. The van der Waals surface area contributed by atoms with Crippen molar-refractivity contribution in [1.82, 2.24) is 4.90 Å². The predicted molar refractivity (Wildman–Crippen MR) is 121 cm³/mol. The van der Waals surface area contributed by atoms with Gasteiger partial charge in [0.25, 0.3) is 11.6 Å². The second kappa shape index (κ2) is 9.70. The summed E-state index contributed by atoms with van der Waals surface area (Å²) in [5, 5.41) is 10.8. The van der Waals surface area contributed by atoms with Crippen LogP contribution in [0.25, 0.3) is 0 Å². The standard InChI is InChI=1S/C25H24FN3O3/c26-21-8-12-22(13-9-21)28(25(30)20-4-2-1-3-5-20)23-14-16-27(17-15-23)18-19-6-10-24(11-7-19)29(31)32/h1-13,23H,14-18H2. The molecule has 0 unspecified atom stereocenters. The van der Waals surface area contributed by atoms with Gasteiger partial charge in [-0.25, -0.2) is 4.39 Å². The second-order valence-electron chi connectivity index (χ2n) is 7.95. The molecule has 3 aromatic carbocycles. The van der Waals surface area contributed by atoms with Crippen LogP contribution in [0.15, 0.2) is 78.9 Å². The molecular formula is C25H24FN3O3. The number of hydrogen-bond donors (Lipinski definition) is 0. The highest BCUT2D eigenvalue weighted by molar-refractivity contribution is 6.06. The summed E-state index contributed by atoms with van der Waals surface area (Å²) in [7, 11) is 0. The summed E-state index contributed by atoms with van der Waals surface area (Å²) in [5.41, 5.74) is 2.39. The van der Waals surface area contributed by atoms with E-state index in [-0.39, 0.29) is 23.5 Å². The molecule has 1 aliphatic rings. The van der Waals surface area contributed by atoms with Crippen LogP contribution in [0.2, 0.25) is 0 Å². The van der Waals surface area contributed by atoms with Gasteiger partial charge >= 0.3 is 0 Å². The lowest BCUT2D eigenvalue weighted by Crippen LogP contribution is -2.47. The van der Waals surface area contributed by atoms with Gasteiger partial charge in [0.1, 0.15) is 5.82 Å². The van der Waals surface area contributed by atoms with Gasteiger partial charge in [0.15, 0.2) is 0 Å². The fourth-order valence-corrected chi connectivity index (χ4v) is 4.13. The topological polar surface area (TPSA) is 66.7 Å². The van der Waals surface area contributed by atoms with Gasteiger partial charge in [-0.15, -0.1) is 0 Å². The number of hydrogen-bond acceptors (Lipinski definition) is 4. The Kier molecular flexibility index (Phi) is 6.56. The highest BCUT2D eigenvalue weighted by Gasteiger charge is 2.30. The molecule has 32 heavy (non-hydrogen) atoms. The Labute approximate surface area is 186 Å². The Balaban J connectivity index is 1.47. The molecule has 7 heteroatoms. The number of anilines is 1. The first-order valence-corrected chi connectivity index (χ1v) is 10.6. The number of benzene rings is 3. The third kappa shape index (κ3) is 5.00. The van der Waals surface area contributed by atoms with Crippen molar-refractivity contribution in [2.75, 3.05) is 18.0 Å². The normalized spacial score (nSPS) is 14.8. The minimum atomic E-state index is -0.400. The molecule has 164 valence electrons. The van der Waals surface area contributed by atoms with E-state index in [1.165, 1.54) is 24.3 Å². The van der Waals surface area contributed by atoms with Crippen LogP contribution in [0.5, 0.6) is 0 Å². The van der Waals surface area contributed by atoms with Crippen LogP contribution >= 0.6 is 0 Å². The van der Waals surface area contributed by atoms with E-state index in [4.69, 9.17) is 0 Å². The summed E-state index contributed by atoms with van der Waals surface area (Å²) in [5.74, 6) is -0.426. The van der Waals surface area contributed by atoms with Crippen molar-refractivity contribution in [2.45, 2.75) is 25.4 Å². The van der Waals surface area contributed by atoms with E-state index in [0.29, 0.717) is 17.8 Å². The first-order valence-electron chi connectivity index (χ1n) is 10.6. The Morgan fingerprint density at radius 1 is 0.969 bits per heavy atom. The third-order valence-electron chi connectivity index (χ3n) is 5.82. The number of nitro benzene ring substituents is 1. The molecule has 0 saturated carbocycles. The maximum absolute atomic E-state index is 13.5. The molecule has 1 aliphatic heterocycles. The van der Waals surface area contributed by atoms with Crippen molar-refractivity contribution >= 4 is 17.3 Å². The van der Waals surface area contributed by atoms with E-state index < -0.39 is 4.92 Å². The van der Waals surface area contributed by atoms with Gasteiger partial charge in [0, 0.05) is 49.1 Å². The van der Waals surface area contributed by atoms with Crippen LogP contribution in [-0.2, 0) is 6.54 Å². The fourth-order valence-electron chi connectivity index (χ4n) is 4.13. The largest absolute Gasteiger partial charge is 0.305 e. The van der Waals surface area contributed by atoms with Crippen molar-refractivity contribution in [3.63, 3.8) is 0 Å². The van der Waals surface area contributed by atoms with Gasteiger partial charge in [-0.3, -0.25) is 19.8 Å². The van der Waals surface area contributed by atoms with E-state index in [9.17, 15) is 19.3 Å². The van der Waals surface area contributed by atoms with E-state index in [0.717, 1.165) is 31.5 Å². The molecule has 6 nitrogen and oxygen atoms in total. The number of piperidine rings is 1. The highest BCUT2D eigenvalue weighted by Crippen LogP contribution is 2.27. The van der Waals surface area contributed by atoms with Crippen LogP contribution in [-0.4, -0.2) is 34.9 Å². The Hall–Kier alpha value is -3.58. The average Bonchev–Trinajstić information content (AvgIpc) is 2.82. The van der Waals surface area contributed by atoms with E-state index in [1.54, 1.807) is 41.3 Å². The number of nitro groups is 1. The fraction of sp³-hybridized carbons (Fsp3) is 0.240. The first-order chi connectivity index (χ1) is 15.5. The number of carbonyl (C=O) groups excluding carboxylic acids is 1. The van der Waals surface area contributed by atoms with Crippen molar-refractivity contribution in [3.05, 3.63) is 106 Å². The smallest absolute Gasteiger partial charge is 0.269 e. The lowest BCUT2D eigenvalue weighted by Gasteiger charge is -2.38. The van der Waals surface area contributed by atoms with E-state index >= 15 is 0 Å². The molecule has 3 aromatic rings. The molecule has 0 aliphatic carbocycles. The van der Waals surface area contributed by atoms with Crippen molar-refractivity contribution in [2.24, 2.45) is 0 Å². The third-order valence-corrected chi connectivity index (χ3v) is 5.82. The summed E-state index contributed by atoms with van der Waals surface area (Å²) < 4.78 is 13.5. The van der Waals surface area contributed by atoms with Crippen LogP contribution in [0, 0.1) is 15.9 Å². The molecule has 1 fully saturated rings. The summed E-state index contributed by atoms with van der Waals surface area (Å²) in [4.78, 5) is 27.9. The van der Waals surface area contributed by atoms with Crippen molar-refractivity contribution in [1.29, 1.82) is 0 Å². The van der Waals surface area contributed by atoms with Crippen LogP contribution in [0.3, 0.4) is 0 Å². The zero-order valence-corrected chi connectivity index (χ0v) is 17.6. The van der Waals surface area contributed by atoms with Crippen LogP contribution in [0.4, 0.5) is 15.8 Å². The number of halogens is 1. The molecule has 0 spiro atoms. The van der Waals surface area contributed by atoms with E-state index in [2.05, 4.69) is 4.90 Å². The zero-order chi connectivity index (χ0) is 22.5. The molecule has 4 rings (SSSR count). The zero-order valence-electron chi connectivity index (χ0n) is 17.6. The monoisotopic (exact) mass is 433 g/mol. The number of rotatable bonds is 6. The van der Waals surface area contributed by atoms with Gasteiger partial charge in [-0.2, -0.15) is 0 Å². The summed E-state index contributed by atoms with van der Waals surface area (Å²) in [6.07, 6.45) is 1.56. The van der Waals surface area contributed by atoms with Gasteiger partial charge in [-0.05, 0) is 54.8 Å². The Morgan fingerprint density at radius 2 is 1.59 bits per heavy atom. The number of likely N-dealkylation sites (tertiary alicyclic amines) is 1. The molecule has 0 bridgehead atoms. The number of carbonyl (C=O) groups is 1. The molecule has 1 saturated heterocycles. The Morgan fingerprint density at radius 3 is 2.19 bits per heavy atom. The first kappa shape index (κ1) is 21.6. The van der Waals surface area contributed by atoms with Gasteiger partial charge in [0.05, 0.1) is 4.92 Å². The second-order valence-corrected chi connectivity index (χ2v) is 7.95. The molecule has 0 aromatic heterocycles. The minimum Gasteiger partial charge on any atom is -0.305 e. The summed E-state index contributed by atoms with van der Waals surface area (Å²) in [6, 6.07) is 21.8. The molecule has 0 N–H and O–H groups in total. The van der Waals surface area contributed by atoms with Gasteiger partial charge in [-0.1, -0.05) is 30.3 Å². The van der Waals surface area contributed by atoms with Crippen molar-refractivity contribution in [3.8, 4) is 0 Å². The van der Waals surface area contributed by atoms with E-state index in [1.807, 2.05) is 18.2 Å². The maximum atomic E-state index is 13.5. The molecule has 1 amide bonds. The lowest BCUT2D eigenvalue weighted by atomic mass is 10.00. The molecule has 1 heterocycles.